The Morgan fingerprint density at radius 2 is 1.80 bits per heavy atom. The Hall–Kier alpha value is -2.44. The number of fused-ring (bicyclic) bond motifs is 1. The SMILES string of the molecule is CC(=O)OC1CCCCC1NS(=O)(=O)c1cnc2n1[C@](C)(Cc1ccc(Br)cc1)C(=O)N2c1cc(Cl)cc(Cl)c1. The van der Waals surface area contributed by atoms with Crippen molar-refractivity contribution in [2.45, 2.75) is 68.7 Å². The number of benzene rings is 2. The topological polar surface area (TPSA) is 111 Å². The molecule has 9 nitrogen and oxygen atoms in total. The van der Waals surface area contributed by atoms with E-state index in [0.29, 0.717) is 28.6 Å². The van der Waals surface area contributed by atoms with Crippen molar-refractivity contribution in [2.24, 2.45) is 0 Å². The van der Waals surface area contributed by atoms with Crippen LogP contribution in [0.15, 0.2) is 58.2 Å². The minimum atomic E-state index is -4.21. The smallest absolute Gasteiger partial charge is 0.302 e. The Morgan fingerprint density at radius 1 is 1.15 bits per heavy atom. The monoisotopic (exact) mass is 668 g/mol. The summed E-state index contributed by atoms with van der Waals surface area (Å²) in [6.45, 7) is 3.00. The minimum absolute atomic E-state index is 0.128. The van der Waals surface area contributed by atoms with E-state index in [1.165, 1.54) is 22.6 Å². The summed E-state index contributed by atoms with van der Waals surface area (Å²) < 4.78 is 38.3. The zero-order valence-electron chi connectivity index (χ0n) is 21.7. The van der Waals surface area contributed by atoms with Crippen molar-refractivity contribution in [3.05, 3.63) is 68.7 Å². The Kier molecular flexibility index (Phi) is 8.06. The second-order valence-electron chi connectivity index (χ2n) is 10.2. The lowest BCUT2D eigenvalue weighted by molar-refractivity contribution is -0.148. The number of amides is 1. The number of nitrogens with one attached hydrogen (secondary N) is 1. The Bertz CT molecular complexity index is 1560. The maximum absolute atomic E-state index is 14.2. The fourth-order valence-corrected chi connectivity index (χ4v) is 7.75. The first-order chi connectivity index (χ1) is 18.9. The van der Waals surface area contributed by atoms with Crippen molar-refractivity contribution < 1.29 is 22.7 Å². The van der Waals surface area contributed by atoms with E-state index in [2.05, 4.69) is 25.6 Å². The van der Waals surface area contributed by atoms with Crippen LogP contribution in [-0.4, -0.2) is 42.0 Å². The largest absolute Gasteiger partial charge is 0.461 e. The highest BCUT2D eigenvalue weighted by Crippen LogP contribution is 2.44. The van der Waals surface area contributed by atoms with Gasteiger partial charge in [0, 0.05) is 27.9 Å². The molecule has 1 aliphatic heterocycles. The number of nitrogens with zero attached hydrogens (tertiary/aromatic N) is 3. The molecule has 2 unspecified atom stereocenters. The van der Waals surface area contributed by atoms with E-state index in [9.17, 15) is 18.0 Å². The van der Waals surface area contributed by atoms with Crippen LogP contribution in [-0.2, 0) is 36.3 Å². The average Bonchev–Trinajstić information content (AvgIpc) is 3.39. The number of imidazole rings is 1. The van der Waals surface area contributed by atoms with Gasteiger partial charge in [-0.2, -0.15) is 0 Å². The van der Waals surface area contributed by atoms with Crippen molar-refractivity contribution in [1.29, 1.82) is 0 Å². The highest BCUT2D eigenvalue weighted by Gasteiger charge is 2.52. The number of ether oxygens (including phenoxy) is 1. The molecule has 1 amide bonds. The molecule has 0 radical (unpaired) electrons. The number of esters is 1. The van der Waals surface area contributed by atoms with Gasteiger partial charge in [-0.05, 0) is 62.1 Å². The number of halogens is 3. The molecule has 5 rings (SSSR count). The summed E-state index contributed by atoms with van der Waals surface area (Å²) in [5, 5.41) is 0.467. The van der Waals surface area contributed by atoms with Crippen LogP contribution in [0.5, 0.6) is 0 Å². The van der Waals surface area contributed by atoms with Crippen LogP contribution in [0.4, 0.5) is 11.6 Å². The first-order valence-corrected chi connectivity index (χ1v) is 15.7. The Balaban J connectivity index is 1.60. The van der Waals surface area contributed by atoms with Gasteiger partial charge in [0.05, 0.1) is 17.9 Å². The number of aromatic nitrogens is 2. The second kappa shape index (κ2) is 11.1. The number of rotatable bonds is 7. The number of sulfonamides is 1. The van der Waals surface area contributed by atoms with Gasteiger partial charge in [-0.15, -0.1) is 0 Å². The maximum Gasteiger partial charge on any atom is 0.302 e. The predicted octanol–water partition coefficient (Wildman–Crippen LogP) is 5.74. The summed E-state index contributed by atoms with van der Waals surface area (Å²) >= 11 is 15.9. The van der Waals surface area contributed by atoms with Crippen molar-refractivity contribution in [3.8, 4) is 0 Å². The molecule has 0 saturated heterocycles. The van der Waals surface area contributed by atoms with Gasteiger partial charge in [0.15, 0.2) is 5.03 Å². The molecular weight excluding hydrogens is 643 g/mol. The molecule has 3 atom stereocenters. The van der Waals surface area contributed by atoms with Gasteiger partial charge in [-0.3, -0.25) is 14.2 Å². The lowest BCUT2D eigenvalue weighted by Gasteiger charge is -2.32. The second-order valence-corrected chi connectivity index (χ2v) is 13.7. The summed E-state index contributed by atoms with van der Waals surface area (Å²) in [5.41, 5.74) is -0.170. The molecule has 2 aliphatic rings. The molecule has 40 heavy (non-hydrogen) atoms. The number of anilines is 2. The highest BCUT2D eigenvalue weighted by atomic mass is 79.9. The molecule has 0 spiro atoms. The third-order valence-electron chi connectivity index (χ3n) is 7.24. The molecule has 1 aromatic heterocycles. The maximum atomic E-state index is 14.2. The molecule has 1 saturated carbocycles. The van der Waals surface area contributed by atoms with Gasteiger partial charge in [-0.1, -0.05) is 57.7 Å². The molecule has 212 valence electrons. The quantitative estimate of drug-likeness (QED) is 0.321. The van der Waals surface area contributed by atoms with Crippen LogP contribution < -0.4 is 9.62 Å². The predicted molar refractivity (Wildman–Crippen MR) is 155 cm³/mol. The van der Waals surface area contributed by atoms with Crippen molar-refractivity contribution in [1.82, 2.24) is 14.3 Å². The highest BCUT2D eigenvalue weighted by molar-refractivity contribution is 9.10. The van der Waals surface area contributed by atoms with Crippen molar-refractivity contribution >= 4 is 72.7 Å². The van der Waals surface area contributed by atoms with E-state index in [1.54, 1.807) is 25.1 Å². The number of carbonyl (C=O) groups is 2. The van der Waals surface area contributed by atoms with Crippen LogP contribution in [0.25, 0.3) is 0 Å². The fourth-order valence-electron chi connectivity index (χ4n) is 5.47. The molecular formula is C27H27BrCl2N4O5S. The van der Waals surface area contributed by atoms with E-state index < -0.39 is 33.7 Å². The average molecular weight is 670 g/mol. The van der Waals surface area contributed by atoms with Crippen LogP contribution >= 0.6 is 39.1 Å². The molecule has 1 fully saturated rings. The van der Waals surface area contributed by atoms with Gasteiger partial charge >= 0.3 is 5.97 Å². The fraction of sp³-hybridized carbons (Fsp3) is 0.370. The van der Waals surface area contributed by atoms with Crippen molar-refractivity contribution in [3.63, 3.8) is 0 Å². The van der Waals surface area contributed by atoms with Gasteiger partial charge in [0.2, 0.25) is 5.95 Å². The van der Waals surface area contributed by atoms with Gasteiger partial charge in [-0.25, -0.2) is 23.0 Å². The first-order valence-electron chi connectivity index (χ1n) is 12.7. The lowest BCUT2D eigenvalue weighted by atomic mass is 9.92. The van der Waals surface area contributed by atoms with E-state index in [0.717, 1.165) is 22.9 Å². The zero-order valence-corrected chi connectivity index (χ0v) is 25.6. The van der Waals surface area contributed by atoms with Gasteiger partial charge in [0.1, 0.15) is 11.6 Å². The van der Waals surface area contributed by atoms with Gasteiger partial charge in [0.25, 0.3) is 15.9 Å². The van der Waals surface area contributed by atoms with Crippen LogP contribution in [0, 0.1) is 0 Å². The summed E-state index contributed by atoms with van der Waals surface area (Å²) in [4.78, 5) is 31.6. The number of hydrogen-bond donors (Lipinski definition) is 1. The standard InChI is InChI=1S/C27H27BrCl2N4O5S/c1-16(35)39-23-6-4-3-5-22(23)32-40(37,38)24-15-31-26-33(21-12-19(29)11-20(30)13-21)25(36)27(2,34(24)26)14-17-7-9-18(28)10-8-17/h7-13,15,22-23,32H,3-6,14H2,1-2H3/t22?,23?,27-/m1/s1. The third-order valence-corrected chi connectivity index (χ3v) is 9.65. The molecule has 0 bridgehead atoms. The van der Waals surface area contributed by atoms with Crippen LogP contribution in [0.3, 0.4) is 0 Å². The van der Waals surface area contributed by atoms with E-state index in [4.69, 9.17) is 27.9 Å². The van der Waals surface area contributed by atoms with Crippen molar-refractivity contribution in [2.75, 3.05) is 4.90 Å². The summed E-state index contributed by atoms with van der Waals surface area (Å²) in [6.07, 6.45) is 3.54. The molecule has 3 aromatic rings. The summed E-state index contributed by atoms with van der Waals surface area (Å²) in [5.74, 6) is -0.725. The minimum Gasteiger partial charge on any atom is -0.461 e. The normalized spacial score (nSPS) is 22.8. The molecule has 1 aliphatic carbocycles. The first kappa shape index (κ1) is 29.1. The molecule has 13 heteroatoms. The van der Waals surface area contributed by atoms with Crippen LogP contribution in [0.1, 0.15) is 45.1 Å². The Labute approximate surface area is 251 Å². The molecule has 1 N–H and O–H groups in total. The van der Waals surface area contributed by atoms with E-state index in [1.807, 2.05) is 24.3 Å². The zero-order chi connectivity index (χ0) is 28.8. The van der Waals surface area contributed by atoms with Gasteiger partial charge < -0.3 is 4.74 Å². The molecule has 2 heterocycles. The number of hydrogen-bond acceptors (Lipinski definition) is 6. The number of carbonyl (C=O) groups excluding carboxylic acids is 2. The van der Waals surface area contributed by atoms with E-state index in [-0.39, 0.29) is 23.3 Å². The summed E-state index contributed by atoms with van der Waals surface area (Å²) in [6, 6.07) is 11.6. The Morgan fingerprint density at radius 3 is 2.45 bits per heavy atom. The summed E-state index contributed by atoms with van der Waals surface area (Å²) in [7, 11) is -4.21. The molecule has 2 aromatic carbocycles. The van der Waals surface area contributed by atoms with E-state index >= 15 is 0 Å². The third kappa shape index (κ3) is 5.54. The van der Waals surface area contributed by atoms with Crippen LogP contribution in [0.2, 0.25) is 10.0 Å². The lowest BCUT2D eigenvalue weighted by Crippen LogP contribution is -2.48.